The molecule has 0 aromatic carbocycles. The summed E-state index contributed by atoms with van der Waals surface area (Å²) in [5.74, 6) is 0.909. The van der Waals surface area contributed by atoms with Crippen molar-refractivity contribution in [2.75, 3.05) is 0 Å². The van der Waals surface area contributed by atoms with Crippen LogP contribution < -0.4 is 0 Å². The third-order valence-corrected chi connectivity index (χ3v) is 2.28. The van der Waals surface area contributed by atoms with Crippen molar-refractivity contribution in [1.29, 1.82) is 0 Å². The third kappa shape index (κ3) is 3.19. The van der Waals surface area contributed by atoms with Crippen LogP contribution in [0.2, 0.25) is 0 Å². The van der Waals surface area contributed by atoms with E-state index in [0.717, 1.165) is 10.6 Å². The Bertz CT molecular complexity index is 278. The SMILES string of the molecule is C=N/C=C\SCc1cc(S)c[nH]1. The maximum Gasteiger partial charge on any atom is 0.0378 e. The number of H-pyrrole nitrogens is 1. The van der Waals surface area contributed by atoms with E-state index in [4.69, 9.17) is 0 Å². The summed E-state index contributed by atoms with van der Waals surface area (Å²) in [4.78, 5) is 7.67. The molecule has 0 aliphatic heterocycles. The second-order valence-electron chi connectivity index (χ2n) is 2.16. The summed E-state index contributed by atoms with van der Waals surface area (Å²) < 4.78 is 0. The van der Waals surface area contributed by atoms with Crippen LogP contribution in [0.25, 0.3) is 0 Å². The minimum absolute atomic E-state index is 0.909. The molecule has 0 saturated carbocycles. The number of aromatic amines is 1. The van der Waals surface area contributed by atoms with E-state index in [1.807, 2.05) is 17.7 Å². The summed E-state index contributed by atoms with van der Waals surface area (Å²) in [6, 6.07) is 2.01. The molecule has 1 N–H and O–H groups in total. The molecule has 0 radical (unpaired) electrons. The van der Waals surface area contributed by atoms with E-state index < -0.39 is 0 Å². The van der Waals surface area contributed by atoms with Crippen molar-refractivity contribution in [2.24, 2.45) is 4.99 Å². The van der Waals surface area contributed by atoms with Crippen molar-refractivity contribution < 1.29 is 0 Å². The Hall–Kier alpha value is -0.610. The van der Waals surface area contributed by atoms with Crippen LogP contribution >= 0.6 is 24.4 Å². The molecule has 0 atom stereocenters. The van der Waals surface area contributed by atoms with Crippen LogP contribution in [0.5, 0.6) is 0 Å². The van der Waals surface area contributed by atoms with Gasteiger partial charge in [0.15, 0.2) is 0 Å². The van der Waals surface area contributed by atoms with Gasteiger partial charge in [-0.05, 0) is 18.2 Å². The third-order valence-electron chi connectivity index (χ3n) is 1.23. The fraction of sp³-hybridized carbons (Fsp3) is 0.125. The van der Waals surface area contributed by atoms with Crippen LogP contribution in [0.4, 0.5) is 0 Å². The normalized spacial score (nSPS) is 10.8. The molecule has 1 aromatic rings. The lowest BCUT2D eigenvalue weighted by Crippen LogP contribution is -1.74. The van der Waals surface area contributed by atoms with Crippen LogP contribution in [-0.4, -0.2) is 11.7 Å². The Kier molecular flexibility index (Phi) is 4.04. The van der Waals surface area contributed by atoms with Crippen molar-refractivity contribution in [1.82, 2.24) is 4.98 Å². The van der Waals surface area contributed by atoms with Gasteiger partial charge in [0.1, 0.15) is 0 Å². The van der Waals surface area contributed by atoms with Gasteiger partial charge in [0, 0.05) is 28.7 Å². The average molecular weight is 198 g/mol. The molecule has 0 fully saturated rings. The predicted molar refractivity (Wildman–Crippen MR) is 58.0 cm³/mol. The highest BCUT2D eigenvalue weighted by molar-refractivity contribution is 8.01. The van der Waals surface area contributed by atoms with E-state index in [0.29, 0.717) is 0 Å². The number of rotatable bonds is 4. The number of thioether (sulfide) groups is 1. The molecule has 64 valence electrons. The van der Waals surface area contributed by atoms with Crippen LogP contribution in [0.1, 0.15) is 5.69 Å². The molecule has 1 heterocycles. The van der Waals surface area contributed by atoms with Crippen LogP contribution in [0.3, 0.4) is 0 Å². The van der Waals surface area contributed by atoms with E-state index >= 15 is 0 Å². The lowest BCUT2D eigenvalue weighted by atomic mass is 10.5. The highest BCUT2D eigenvalue weighted by Crippen LogP contribution is 2.14. The van der Waals surface area contributed by atoms with Crippen molar-refractivity contribution in [2.45, 2.75) is 10.6 Å². The maximum atomic E-state index is 4.18. The first-order valence-electron chi connectivity index (χ1n) is 3.41. The molecule has 4 heteroatoms. The van der Waals surface area contributed by atoms with Crippen molar-refractivity contribution >= 4 is 31.1 Å². The predicted octanol–water partition coefficient (Wildman–Crippen LogP) is 2.71. The molecule has 1 rings (SSSR count). The minimum atomic E-state index is 0.909. The minimum Gasteiger partial charge on any atom is -0.363 e. The summed E-state index contributed by atoms with van der Waals surface area (Å²) in [5, 5.41) is 1.91. The molecule has 0 aliphatic rings. The second-order valence-corrected chi connectivity index (χ2v) is 3.57. The maximum absolute atomic E-state index is 4.18. The molecular weight excluding hydrogens is 188 g/mol. The lowest BCUT2D eigenvalue weighted by molar-refractivity contribution is 1.24. The Morgan fingerprint density at radius 1 is 1.75 bits per heavy atom. The Morgan fingerprint density at radius 3 is 3.17 bits per heavy atom. The van der Waals surface area contributed by atoms with E-state index in [9.17, 15) is 0 Å². The van der Waals surface area contributed by atoms with Crippen molar-refractivity contribution in [3.8, 4) is 0 Å². The van der Waals surface area contributed by atoms with Gasteiger partial charge in [0.2, 0.25) is 0 Å². The quantitative estimate of drug-likeness (QED) is 0.565. The van der Waals surface area contributed by atoms with E-state index in [1.165, 1.54) is 5.69 Å². The van der Waals surface area contributed by atoms with Gasteiger partial charge in [-0.3, -0.25) is 4.99 Å². The summed E-state index contributed by atoms with van der Waals surface area (Å²) in [6.07, 6.45) is 3.55. The molecule has 0 bridgehead atoms. The molecular formula is C8H10N2S2. The fourth-order valence-corrected chi connectivity index (χ4v) is 1.57. The van der Waals surface area contributed by atoms with Crippen LogP contribution in [0, 0.1) is 0 Å². The number of aliphatic imine (C=N–C) groups is 1. The molecule has 0 aliphatic carbocycles. The average Bonchev–Trinajstić information content (AvgIpc) is 2.45. The lowest BCUT2D eigenvalue weighted by Gasteiger charge is -1.90. The molecule has 2 nitrogen and oxygen atoms in total. The number of nitrogens with zero attached hydrogens (tertiary/aromatic N) is 1. The molecule has 1 aromatic heterocycles. The molecule has 0 saturated heterocycles. The molecule has 0 spiro atoms. The smallest absolute Gasteiger partial charge is 0.0378 e. The largest absolute Gasteiger partial charge is 0.363 e. The summed E-state index contributed by atoms with van der Waals surface area (Å²) in [6.45, 7) is 3.34. The molecule has 0 unspecified atom stereocenters. The number of aromatic nitrogens is 1. The first kappa shape index (κ1) is 9.48. The van der Waals surface area contributed by atoms with Gasteiger partial charge in [-0.25, -0.2) is 0 Å². The first-order chi connectivity index (χ1) is 5.83. The monoisotopic (exact) mass is 198 g/mol. The topological polar surface area (TPSA) is 28.1 Å². The number of hydrogen-bond donors (Lipinski definition) is 2. The van der Waals surface area contributed by atoms with Crippen LogP contribution in [-0.2, 0) is 5.75 Å². The van der Waals surface area contributed by atoms with Gasteiger partial charge in [-0.15, -0.1) is 24.4 Å². The van der Waals surface area contributed by atoms with Gasteiger partial charge >= 0.3 is 0 Å². The zero-order valence-corrected chi connectivity index (χ0v) is 8.24. The zero-order valence-electron chi connectivity index (χ0n) is 6.53. The first-order valence-corrected chi connectivity index (χ1v) is 4.91. The van der Waals surface area contributed by atoms with Gasteiger partial charge < -0.3 is 4.98 Å². The zero-order chi connectivity index (χ0) is 8.81. The van der Waals surface area contributed by atoms with Crippen molar-refractivity contribution in [3.05, 3.63) is 29.6 Å². The van der Waals surface area contributed by atoms with Gasteiger partial charge in [0.25, 0.3) is 0 Å². The standard InChI is InChI=1S/C8H10N2S2/c1-9-2-3-12-6-7-4-8(11)5-10-7/h2-5,10-11H,1,6H2/b3-2-. The van der Waals surface area contributed by atoms with E-state index in [2.05, 4.69) is 29.3 Å². The van der Waals surface area contributed by atoms with E-state index in [1.54, 1.807) is 18.0 Å². The van der Waals surface area contributed by atoms with Crippen LogP contribution in [0.15, 0.2) is 33.8 Å². The number of hydrogen-bond acceptors (Lipinski definition) is 3. The fourth-order valence-electron chi connectivity index (χ4n) is 0.736. The van der Waals surface area contributed by atoms with Crippen molar-refractivity contribution in [3.63, 3.8) is 0 Å². The van der Waals surface area contributed by atoms with Gasteiger partial charge in [-0.2, -0.15) is 0 Å². The Balaban J connectivity index is 2.33. The second kappa shape index (κ2) is 5.11. The summed E-state index contributed by atoms with van der Waals surface area (Å²) in [7, 11) is 0. The number of thiol groups is 1. The molecule has 0 amide bonds. The molecule has 12 heavy (non-hydrogen) atoms. The summed E-state index contributed by atoms with van der Waals surface area (Å²) in [5.41, 5.74) is 1.17. The van der Waals surface area contributed by atoms with Gasteiger partial charge in [0.05, 0.1) is 0 Å². The highest BCUT2D eigenvalue weighted by Gasteiger charge is 1.93. The Labute approximate surface area is 81.6 Å². The van der Waals surface area contributed by atoms with Gasteiger partial charge in [-0.1, -0.05) is 0 Å². The highest BCUT2D eigenvalue weighted by atomic mass is 32.2. The Morgan fingerprint density at radius 2 is 2.58 bits per heavy atom. The van der Waals surface area contributed by atoms with E-state index in [-0.39, 0.29) is 0 Å². The number of nitrogens with one attached hydrogen (secondary N) is 1. The summed E-state index contributed by atoms with van der Waals surface area (Å²) >= 11 is 5.85.